The van der Waals surface area contributed by atoms with Gasteiger partial charge in [0.05, 0.1) is 23.1 Å². The minimum absolute atomic E-state index is 0.0119. The van der Waals surface area contributed by atoms with E-state index in [2.05, 4.69) is 10.4 Å². The molecule has 154 valence electrons. The Morgan fingerprint density at radius 2 is 1.93 bits per heavy atom. The molecule has 0 aliphatic carbocycles. The highest BCUT2D eigenvalue weighted by molar-refractivity contribution is 5.88. The zero-order chi connectivity index (χ0) is 21.3. The highest BCUT2D eigenvalue weighted by Crippen LogP contribution is 2.17. The molecular formula is C22H22N4O4. The first-order valence-electron chi connectivity index (χ1n) is 9.59. The van der Waals surface area contributed by atoms with Gasteiger partial charge in [0.1, 0.15) is 24.1 Å². The van der Waals surface area contributed by atoms with Crippen LogP contribution in [-0.4, -0.2) is 37.9 Å². The number of benzene rings is 2. The number of aromatic nitrogens is 3. The van der Waals surface area contributed by atoms with Crippen LogP contribution in [0.15, 0.2) is 59.4 Å². The van der Waals surface area contributed by atoms with E-state index >= 15 is 0 Å². The van der Waals surface area contributed by atoms with Gasteiger partial charge in [-0.3, -0.25) is 14.2 Å². The lowest BCUT2D eigenvalue weighted by Crippen LogP contribution is -2.31. The maximum atomic E-state index is 13.0. The number of nitrogens with zero attached hydrogens (tertiary/aromatic N) is 3. The molecule has 0 aliphatic heterocycles. The molecule has 1 atom stereocenters. The summed E-state index contributed by atoms with van der Waals surface area (Å²) < 4.78 is 8.89. The summed E-state index contributed by atoms with van der Waals surface area (Å²) in [5.74, 6) is 0.403. The number of ether oxygens (including phenoxy) is 1. The Morgan fingerprint density at radius 1 is 1.20 bits per heavy atom. The van der Waals surface area contributed by atoms with Crippen molar-refractivity contribution in [3.8, 4) is 5.75 Å². The highest BCUT2D eigenvalue weighted by Gasteiger charge is 2.16. The predicted molar refractivity (Wildman–Crippen MR) is 114 cm³/mol. The quantitative estimate of drug-likeness (QED) is 0.512. The summed E-state index contributed by atoms with van der Waals surface area (Å²) in [6.07, 6.45) is -0.905. The lowest BCUT2D eigenvalue weighted by atomic mass is 10.2. The van der Waals surface area contributed by atoms with E-state index in [1.165, 1.54) is 11.5 Å². The number of aryl methyl sites for hydroxylation is 1. The summed E-state index contributed by atoms with van der Waals surface area (Å²) in [6, 6.07) is 15.9. The number of aliphatic hydroxyl groups excluding tert-OH is 1. The Morgan fingerprint density at radius 3 is 2.67 bits per heavy atom. The van der Waals surface area contributed by atoms with E-state index in [-0.39, 0.29) is 24.6 Å². The van der Waals surface area contributed by atoms with Crippen LogP contribution >= 0.6 is 0 Å². The Labute approximate surface area is 172 Å². The molecule has 2 aromatic carbocycles. The molecule has 2 heterocycles. The average molecular weight is 406 g/mol. The van der Waals surface area contributed by atoms with Crippen LogP contribution < -0.4 is 15.6 Å². The van der Waals surface area contributed by atoms with Crippen LogP contribution in [0.25, 0.3) is 16.6 Å². The smallest absolute Gasteiger partial charge is 0.261 e. The molecule has 1 unspecified atom stereocenters. The van der Waals surface area contributed by atoms with E-state index in [4.69, 9.17) is 4.74 Å². The Hall–Kier alpha value is -3.65. The molecule has 2 aromatic heterocycles. The fraction of sp³-hybridized carbons (Fsp3) is 0.227. The summed E-state index contributed by atoms with van der Waals surface area (Å²) in [4.78, 5) is 24.1. The number of aliphatic hydroxyl groups is 1. The van der Waals surface area contributed by atoms with Crippen molar-refractivity contribution >= 4 is 28.1 Å². The molecule has 2 N–H and O–H groups in total. The highest BCUT2D eigenvalue weighted by atomic mass is 16.5. The van der Waals surface area contributed by atoms with Gasteiger partial charge in [0, 0.05) is 18.7 Å². The van der Waals surface area contributed by atoms with Crippen LogP contribution in [0, 0.1) is 6.92 Å². The van der Waals surface area contributed by atoms with E-state index in [0.717, 1.165) is 11.2 Å². The summed E-state index contributed by atoms with van der Waals surface area (Å²) in [5, 5.41) is 18.2. The fourth-order valence-corrected chi connectivity index (χ4v) is 3.41. The molecule has 8 heteroatoms. The number of rotatable bonds is 6. The van der Waals surface area contributed by atoms with E-state index < -0.39 is 6.10 Å². The Kier molecular flexibility index (Phi) is 5.24. The van der Waals surface area contributed by atoms with Crippen molar-refractivity contribution in [1.82, 2.24) is 14.2 Å². The molecule has 30 heavy (non-hydrogen) atoms. The first-order valence-corrected chi connectivity index (χ1v) is 9.59. The Balaban J connectivity index is 1.54. The van der Waals surface area contributed by atoms with Crippen LogP contribution in [0.1, 0.15) is 12.6 Å². The number of fused-ring (bicyclic) bond motifs is 3. The van der Waals surface area contributed by atoms with Crippen LogP contribution in [-0.2, 0) is 11.3 Å². The topological polar surface area (TPSA) is 97.9 Å². The van der Waals surface area contributed by atoms with Crippen LogP contribution in [0.3, 0.4) is 0 Å². The zero-order valence-corrected chi connectivity index (χ0v) is 16.7. The maximum Gasteiger partial charge on any atom is 0.261 e. The lowest BCUT2D eigenvalue weighted by Gasteiger charge is -2.16. The number of hydrogen-bond acceptors (Lipinski definition) is 5. The third-order valence-electron chi connectivity index (χ3n) is 4.71. The van der Waals surface area contributed by atoms with E-state index in [9.17, 15) is 14.7 Å². The minimum atomic E-state index is -0.905. The summed E-state index contributed by atoms with van der Waals surface area (Å²) in [7, 11) is 0. The van der Waals surface area contributed by atoms with Gasteiger partial charge in [-0.25, -0.2) is 4.52 Å². The molecule has 0 spiro atoms. The van der Waals surface area contributed by atoms with Crippen molar-refractivity contribution in [2.45, 2.75) is 26.5 Å². The third kappa shape index (κ3) is 3.90. The van der Waals surface area contributed by atoms with Gasteiger partial charge >= 0.3 is 0 Å². The molecule has 1 amide bonds. The number of anilines is 1. The second-order valence-corrected chi connectivity index (χ2v) is 7.16. The molecule has 4 aromatic rings. The molecule has 4 rings (SSSR count). The lowest BCUT2D eigenvalue weighted by molar-refractivity contribution is -0.114. The normalized spacial score (nSPS) is 12.2. The van der Waals surface area contributed by atoms with E-state index in [1.54, 1.807) is 40.9 Å². The van der Waals surface area contributed by atoms with Crippen molar-refractivity contribution < 1.29 is 14.6 Å². The molecular weight excluding hydrogens is 384 g/mol. The second-order valence-electron chi connectivity index (χ2n) is 7.16. The minimum Gasteiger partial charge on any atom is -0.491 e. The number of hydrogen-bond donors (Lipinski definition) is 2. The van der Waals surface area contributed by atoms with Gasteiger partial charge < -0.3 is 15.2 Å². The van der Waals surface area contributed by atoms with Gasteiger partial charge in [0.2, 0.25) is 5.91 Å². The van der Waals surface area contributed by atoms with Crippen LogP contribution in [0.2, 0.25) is 0 Å². The third-order valence-corrected chi connectivity index (χ3v) is 4.71. The van der Waals surface area contributed by atoms with Crippen LogP contribution in [0.4, 0.5) is 5.69 Å². The van der Waals surface area contributed by atoms with Gasteiger partial charge in [-0.15, -0.1) is 0 Å². The number of nitrogens with one attached hydrogen (secondary N) is 1. The first kappa shape index (κ1) is 19.7. The van der Waals surface area contributed by atoms with Crippen molar-refractivity contribution in [2.24, 2.45) is 0 Å². The standard InChI is InChI=1S/C22H22N4O4/c1-14-11-21-25(22(29)19-5-3-4-6-20(19)26(21)24-14)12-17(28)13-30-18-9-7-16(8-10-18)23-15(2)27/h3-11,17,28H,12-13H2,1-2H3,(H,23,27). The zero-order valence-electron chi connectivity index (χ0n) is 16.7. The van der Waals surface area contributed by atoms with Gasteiger partial charge in [0.25, 0.3) is 5.56 Å². The largest absolute Gasteiger partial charge is 0.491 e. The van der Waals surface area contributed by atoms with Gasteiger partial charge in [-0.1, -0.05) is 12.1 Å². The summed E-state index contributed by atoms with van der Waals surface area (Å²) in [5.41, 5.74) is 2.61. The molecule has 8 nitrogen and oxygen atoms in total. The second kappa shape index (κ2) is 8.00. The molecule has 0 saturated carbocycles. The van der Waals surface area contributed by atoms with Crippen molar-refractivity contribution in [2.75, 3.05) is 11.9 Å². The maximum absolute atomic E-state index is 13.0. The van der Waals surface area contributed by atoms with Crippen molar-refractivity contribution in [1.29, 1.82) is 0 Å². The number of carbonyl (C=O) groups excluding carboxylic acids is 1. The molecule has 0 aliphatic rings. The van der Waals surface area contributed by atoms with Crippen molar-refractivity contribution in [3.63, 3.8) is 0 Å². The van der Waals surface area contributed by atoms with Gasteiger partial charge in [-0.2, -0.15) is 5.10 Å². The summed E-state index contributed by atoms with van der Waals surface area (Å²) in [6.45, 7) is 3.38. The van der Waals surface area contributed by atoms with Gasteiger partial charge in [-0.05, 0) is 43.3 Å². The predicted octanol–water partition coefficient (Wildman–Crippen LogP) is 2.36. The Bertz CT molecular complexity index is 1270. The molecule has 0 bridgehead atoms. The van der Waals surface area contributed by atoms with E-state index in [1.807, 2.05) is 25.1 Å². The average Bonchev–Trinajstić information content (AvgIpc) is 3.12. The number of amides is 1. The molecule has 0 fully saturated rings. The molecule has 0 saturated heterocycles. The summed E-state index contributed by atoms with van der Waals surface area (Å²) >= 11 is 0. The number of carbonyl (C=O) groups is 1. The first-order chi connectivity index (χ1) is 14.4. The number of para-hydroxylation sites is 1. The SMILES string of the molecule is CC(=O)Nc1ccc(OCC(O)Cn2c(=O)c3ccccc3n3nc(C)cc23)cc1. The van der Waals surface area contributed by atoms with Crippen molar-refractivity contribution in [3.05, 3.63) is 70.6 Å². The monoisotopic (exact) mass is 406 g/mol. The van der Waals surface area contributed by atoms with Gasteiger partial charge in [0.15, 0.2) is 0 Å². The fourth-order valence-electron chi connectivity index (χ4n) is 3.41. The van der Waals surface area contributed by atoms with Crippen LogP contribution in [0.5, 0.6) is 5.75 Å². The van der Waals surface area contributed by atoms with E-state index in [0.29, 0.717) is 22.5 Å². The molecule has 0 radical (unpaired) electrons.